The van der Waals surface area contributed by atoms with Crippen molar-refractivity contribution in [2.75, 3.05) is 18.8 Å². The number of carbonyl (C=O) groups excluding carboxylic acids is 5. The van der Waals surface area contributed by atoms with Crippen LogP contribution in [0.2, 0.25) is 0 Å². The molecule has 1 saturated carbocycles. The number of unbranched alkanes of at least 4 members (excludes halogenated alkanes) is 2. The Balaban J connectivity index is 0.00000841. The van der Waals surface area contributed by atoms with Gasteiger partial charge in [-0.25, -0.2) is 9.97 Å². The number of aryl methyl sites for hydroxylation is 1. The van der Waals surface area contributed by atoms with Crippen LogP contribution in [-0.2, 0) is 36.9 Å². The molecule has 1 aromatic heterocycles. The van der Waals surface area contributed by atoms with E-state index in [1.807, 2.05) is 44.2 Å². The maximum absolute atomic E-state index is 13.4. The highest BCUT2D eigenvalue weighted by atomic mass is 35.5. The Morgan fingerprint density at radius 3 is 2.22 bits per heavy atom. The van der Waals surface area contributed by atoms with Crippen molar-refractivity contribution < 1.29 is 29.1 Å². The van der Waals surface area contributed by atoms with Crippen LogP contribution in [-0.4, -0.2) is 81.9 Å². The minimum Gasteiger partial charge on any atom is -0.390 e. The summed E-state index contributed by atoms with van der Waals surface area (Å²) in [7, 11) is 0. The molecule has 1 aliphatic carbocycles. The second-order valence-electron chi connectivity index (χ2n) is 15.1. The number of anilines is 1. The third-order valence-electron chi connectivity index (χ3n) is 10.5. The van der Waals surface area contributed by atoms with Crippen molar-refractivity contribution in [3.05, 3.63) is 53.5 Å². The van der Waals surface area contributed by atoms with Gasteiger partial charge in [-0.05, 0) is 50.1 Å². The molecule has 0 unspecified atom stereocenters. The molecule has 1 fully saturated rings. The van der Waals surface area contributed by atoms with Crippen molar-refractivity contribution in [3.63, 3.8) is 0 Å². The van der Waals surface area contributed by atoms with Crippen molar-refractivity contribution in [2.45, 2.75) is 141 Å². The van der Waals surface area contributed by atoms with Gasteiger partial charge in [0.25, 0.3) is 0 Å². The number of carbonyl (C=O) groups is 5. The minimum atomic E-state index is -1.21. The van der Waals surface area contributed by atoms with E-state index in [9.17, 15) is 29.1 Å². The molecule has 17 heteroatoms. The fourth-order valence-electron chi connectivity index (χ4n) is 6.94. The predicted octanol–water partition coefficient (Wildman–Crippen LogP) is 3.32. The van der Waals surface area contributed by atoms with Gasteiger partial charge in [0.05, 0.1) is 18.6 Å². The molecule has 0 radical (unpaired) electrons. The van der Waals surface area contributed by atoms with E-state index in [1.54, 1.807) is 13.1 Å². The monoisotopic (exact) mass is 851 g/mol. The number of benzene rings is 1. The van der Waals surface area contributed by atoms with Gasteiger partial charge >= 0.3 is 0 Å². The number of aliphatic hydroxyl groups excluding tert-OH is 1. The first-order chi connectivity index (χ1) is 26.9. The predicted molar refractivity (Wildman–Crippen MR) is 230 cm³/mol. The van der Waals surface area contributed by atoms with Gasteiger partial charge in [0.1, 0.15) is 23.7 Å². The van der Waals surface area contributed by atoms with Crippen LogP contribution in [0, 0.1) is 18.8 Å². The van der Waals surface area contributed by atoms with Gasteiger partial charge in [-0.2, -0.15) is 0 Å². The molecule has 1 heterocycles. The zero-order chi connectivity index (χ0) is 40.9. The summed E-state index contributed by atoms with van der Waals surface area (Å²) in [5.74, 6) is -1.08. The summed E-state index contributed by atoms with van der Waals surface area (Å²) >= 11 is 0. The van der Waals surface area contributed by atoms with Crippen LogP contribution in [0.5, 0.6) is 0 Å². The highest BCUT2D eigenvalue weighted by Gasteiger charge is 2.31. The van der Waals surface area contributed by atoms with Gasteiger partial charge in [0.15, 0.2) is 0 Å². The number of hydrogen-bond donors (Lipinski definition) is 8. The number of aliphatic hydroxyl groups is 1. The molecule has 0 spiro atoms. The standard InChI is InChI=1S/C41H65N9O6.2ClH/c1-4-27(2)38(41(56)46-26-31-25-45-28(3)47-39(31)43)50-37(54)24-34(51)32(22-29-14-8-5-9-15-29)48-36(53)19-21-44-40(55)33(23-30-16-10-6-11-17-30)49-35(52)18-12-7-13-20-42;;/h6,10-11,16-17,25,27,29,32-34,38,51H,4-5,7-9,12-15,18-24,26,42H2,1-3H3,(H,44,55)(H,46,56)(H,48,53)(H,49,52)(H,50,54)(H2,43,45,47);2*1H/t27-,32-,33-,34-,38-;;/m0../s1. The van der Waals surface area contributed by atoms with Crippen LogP contribution in [0.3, 0.4) is 0 Å². The Labute approximate surface area is 356 Å². The summed E-state index contributed by atoms with van der Waals surface area (Å²) in [5, 5.41) is 25.6. The molecule has 10 N–H and O–H groups in total. The Hall–Kier alpha value is -4.05. The minimum absolute atomic E-state index is 0. The summed E-state index contributed by atoms with van der Waals surface area (Å²) in [6, 6.07) is 6.99. The normalized spacial score (nSPS) is 15.2. The Morgan fingerprint density at radius 1 is 0.879 bits per heavy atom. The largest absolute Gasteiger partial charge is 0.390 e. The first-order valence-electron chi connectivity index (χ1n) is 20.3. The van der Waals surface area contributed by atoms with Gasteiger partial charge in [0.2, 0.25) is 29.5 Å². The van der Waals surface area contributed by atoms with E-state index in [0.29, 0.717) is 43.6 Å². The second-order valence-corrected chi connectivity index (χ2v) is 15.1. The van der Waals surface area contributed by atoms with Crippen molar-refractivity contribution in [1.82, 2.24) is 36.6 Å². The molecular weight excluding hydrogens is 785 g/mol. The fourth-order valence-corrected chi connectivity index (χ4v) is 6.94. The van der Waals surface area contributed by atoms with E-state index in [1.165, 1.54) is 0 Å². The smallest absolute Gasteiger partial charge is 0.243 e. The van der Waals surface area contributed by atoms with Crippen LogP contribution in [0.4, 0.5) is 5.82 Å². The molecule has 1 aromatic carbocycles. The summed E-state index contributed by atoms with van der Waals surface area (Å²) < 4.78 is 0. The van der Waals surface area contributed by atoms with Gasteiger partial charge in [-0.15, -0.1) is 24.8 Å². The summed E-state index contributed by atoms with van der Waals surface area (Å²) in [6.45, 7) is 6.16. The average Bonchev–Trinajstić information content (AvgIpc) is 3.18. The highest BCUT2D eigenvalue weighted by Crippen LogP contribution is 2.28. The molecule has 0 aliphatic heterocycles. The molecule has 0 saturated heterocycles. The number of nitrogens with one attached hydrogen (secondary N) is 5. The first-order valence-corrected chi connectivity index (χ1v) is 20.3. The highest BCUT2D eigenvalue weighted by molar-refractivity contribution is 5.89. The Bertz CT molecular complexity index is 1550. The molecule has 1 aliphatic rings. The molecular formula is C41H67Cl2N9O6. The van der Waals surface area contributed by atoms with E-state index in [0.717, 1.165) is 50.5 Å². The SMILES string of the molecule is CC[C@H](C)[C@H](NC(=O)C[C@H](O)[C@H](CC1CCCCC1)NC(=O)CCNC(=O)[C@H](Cc1ccccc1)NC(=O)CCCCCN)C(=O)NCc1cnc(C)nc1N.Cl.Cl. The molecule has 326 valence electrons. The van der Waals surface area contributed by atoms with E-state index in [2.05, 4.69) is 36.6 Å². The Morgan fingerprint density at radius 2 is 1.57 bits per heavy atom. The second kappa shape index (κ2) is 28.4. The lowest BCUT2D eigenvalue weighted by atomic mass is 9.83. The van der Waals surface area contributed by atoms with Crippen molar-refractivity contribution in [3.8, 4) is 0 Å². The number of amides is 5. The van der Waals surface area contributed by atoms with E-state index in [4.69, 9.17) is 11.5 Å². The number of nitrogen functional groups attached to an aromatic ring is 1. The molecule has 58 heavy (non-hydrogen) atoms. The van der Waals surface area contributed by atoms with Gasteiger partial charge in [0, 0.05) is 44.1 Å². The lowest BCUT2D eigenvalue weighted by molar-refractivity contribution is -0.132. The lowest BCUT2D eigenvalue weighted by Crippen LogP contribution is -2.52. The molecule has 5 amide bonds. The number of halogens is 2. The van der Waals surface area contributed by atoms with E-state index in [-0.39, 0.29) is 86.6 Å². The average molecular weight is 853 g/mol. The maximum atomic E-state index is 13.4. The van der Waals surface area contributed by atoms with Crippen LogP contribution < -0.4 is 38.1 Å². The topological polar surface area (TPSA) is 244 Å². The van der Waals surface area contributed by atoms with Crippen molar-refractivity contribution >= 4 is 60.2 Å². The molecule has 5 atom stereocenters. The van der Waals surface area contributed by atoms with Crippen molar-refractivity contribution in [1.29, 1.82) is 0 Å². The number of aromatic nitrogens is 2. The number of nitrogens with two attached hydrogens (primary N) is 2. The molecule has 3 rings (SSSR count). The van der Waals surface area contributed by atoms with Crippen LogP contribution >= 0.6 is 24.8 Å². The van der Waals surface area contributed by atoms with Crippen LogP contribution in [0.15, 0.2) is 36.5 Å². The number of nitrogens with zero attached hydrogens (tertiary/aromatic N) is 2. The van der Waals surface area contributed by atoms with Crippen molar-refractivity contribution in [2.24, 2.45) is 17.6 Å². The van der Waals surface area contributed by atoms with Gasteiger partial charge in [-0.1, -0.05) is 89.1 Å². The maximum Gasteiger partial charge on any atom is 0.243 e. The zero-order valence-electron chi connectivity index (χ0n) is 34.3. The third-order valence-corrected chi connectivity index (χ3v) is 10.5. The molecule has 0 bridgehead atoms. The molecule has 2 aromatic rings. The first kappa shape index (κ1) is 52.0. The summed E-state index contributed by atoms with van der Waals surface area (Å²) in [6.07, 6.45) is 9.18. The van der Waals surface area contributed by atoms with E-state index >= 15 is 0 Å². The summed E-state index contributed by atoms with van der Waals surface area (Å²) in [4.78, 5) is 74.2. The summed E-state index contributed by atoms with van der Waals surface area (Å²) in [5.41, 5.74) is 13.0. The lowest BCUT2D eigenvalue weighted by Gasteiger charge is -2.30. The van der Waals surface area contributed by atoms with E-state index < -0.39 is 42.0 Å². The zero-order valence-corrected chi connectivity index (χ0v) is 35.9. The Kier molecular flexibility index (Phi) is 25.4. The van der Waals surface area contributed by atoms with Gasteiger partial charge < -0.3 is 43.2 Å². The third kappa shape index (κ3) is 19.1. The van der Waals surface area contributed by atoms with Crippen LogP contribution in [0.1, 0.15) is 114 Å². The quantitative estimate of drug-likeness (QED) is 0.0717. The number of hydrogen-bond acceptors (Lipinski definition) is 10. The van der Waals surface area contributed by atoms with Crippen LogP contribution in [0.25, 0.3) is 0 Å². The molecule has 15 nitrogen and oxygen atoms in total. The number of rotatable bonds is 24. The fraction of sp³-hybridized carbons (Fsp3) is 0.634. The van der Waals surface area contributed by atoms with Gasteiger partial charge in [-0.3, -0.25) is 24.0 Å².